The van der Waals surface area contributed by atoms with Crippen molar-refractivity contribution in [2.24, 2.45) is 0 Å². The summed E-state index contributed by atoms with van der Waals surface area (Å²) >= 11 is 0. The maximum Gasteiger partial charge on any atom is 0.0889 e. The number of aryl methyl sites for hydroxylation is 2. The van der Waals surface area contributed by atoms with Crippen LogP contribution in [0.25, 0.3) is 78.9 Å². The van der Waals surface area contributed by atoms with E-state index in [2.05, 4.69) is 29.9 Å². The summed E-state index contributed by atoms with van der Waals surface area (Å²) in [5.41, 5.74) is 14.4. The van der Waals surface area contributed by atoms with E-state index < -0.39 is 0 Å². The first-order chi connectivity index (χ1) is 24.6. The number of rotatable bonds is 7. The van der Waals surface area contributed by atoms with Gasteiger partial charge in [0, 0.05) is 81.9 Å². The Hall–Kier alpha value is -6.80. The highest BCUT2D eigenvalue weighted by Gasteiger charge is 2.09. The molecule has 8 rings (SSSR count). The van der Waals surface area contributed by atoms with Gasteiger partial charge in [-0.15, -0.1) is 0 Å². The molecule has 0 N–H and O–H groups in total. The average Bonchev–Trinajstić information content (AvgIpc) is 3.18. The maximum atomic E-state index is 4.69. The molecule has 0 saturated heterocycles. The van der Waals surface area contributed by atoms with Crippen LogP contribution in [0.3, 0.4) is 0 Å². The van der Waals surface area contributed by atoms with Crippen LogP contribution < -0.4 is 0 Å². The van der Waals surface area contributed by atoms with Crippen molar-refractivity contribution in [2.75, 3.05) is 0 Å². The lowest BCUT2D eigenvalue weighted by molar-refractivity contribution is 1.18. The summed E-state index contributed by atoms with van der Waals surface area (Å²) in [6, 6.07) is 36.0. The third kappa shape index (κ3) is 6.50. The Balaban J connectivity index is 0.916. The summed E-state index contributed by atoms with van der Waals surface area (Å²) in [5, 5.41) is 0. The van der Waals surface area contributed by atoms with Gasteiger partial charge < -0.3 is 0 Å². The van der Waals surface area contributed by atoms with Crippen molar-refractivity contribution in [1.82, 2.24) is 39.9 Å². The first-order valence-electron chi connectivity index (χ1n) is 16.2. The van der Waals surface area contributed by atoms with Gasteiger partial charge in [0.05, 0.1) is 45.6 Å². The normalized spacial score (nSPS) is 11.0. The maximum absolute atomic E-state index is 4.69. The molecule has 0 aliphatic rings. The average molecular weight is 647 g/mol. The van der Waals surface area contributed by atoms with Gasteiger partial charge in [-0.25, -0.2) is 0 Å². The minimum Gasteiger partial charge on any atom is -0.254 e. The third-order valence-electron chi connectivity index (χ3n) is 8.41. The largest absolute Gasteiger partial charge is 0.254 e. The highest BCUT2D eigenvalue weighted by Crippen LogP contribution is 2.27. The summed E-state index contributed by atoms with van der Waals surface area (Å²) in [6.07, 6.45) is 11.1. The van der Waals surface area contributed by atoms with Gasteiger partial charge in [0.15, 0.2) is 0 Å². The van der Waals surface area contributed by atoms with Crippen LogP contribution in [0, 0.1) is 13.8 Å². The zero-order valence-electron chi connectivity index (χ0n) is 27.4. The van der Waals surface area contributed by atoms with E-state index in [0.717, 1.165) is 90.3 Å². The van der Waals surface area contributed by atoms with E-state index in [1.807, 2.05) is 160 Å². The van der Waals surface area contributed by atoms with Crippen LogP contribution in [-0.4, -0.2) is 39.9 Å². The Morgan fingerprint density at radius 3 is 0.700 bits per heavy atom. The lowest BCUT2D eigenvalue weighted by Gasteiger charge is -2.07. The second kappa shape index (κ2) is 13.4. The Morgan fingerprint density at radius 1 is 0.260 bits per heavy atom. The molecule has 0 aromatic carbocycles. The van der Waals surface area contributed by atoms with Crippen LogP contribution in [0.2, 0.25) is 0 Å². The molecule has 0 spiro atoms. The van der Waals surface area contributed by atoms with Crippen LogP contribution in [0.5, 0.6) is 0 Å². The van der Waals surface area contributed by atoms with Crippen LogP contribution in [-0.2, 0) is 0 Å². The Morgan fingerprint density at radius 2 is 0.500 bits per heavy atom. The summed E-state index contributed by atoms with van der Waals surface area (Å²) in [7, 11) is 0. The molecular formula is C42H30N8. The van der Waals surface area contributed by atoms with Gasteiger partial charge in [-0.3, -0.25) is 39.9 Å². The predicted octanol–water partition coefficient (Wildman–Crippen LogP) is 9.13. The lowest BCUT2D eigenvalue weighted by Crippen LogP contribution is -1.92. The summed E-state index contributed by atoms with van der Waals surface area (Å²) < 4.78 is 0. The van der Waals surface area contributed by atoms with E-state index >= 15 is 0 Å². The summed E-state index contributed by atoms with van der Waals surface area (Å²) in [4.78, 5) is 37.1. The van der Waals surface area contributed by atoms with Crippen molar-refractivity contribution in [3.05, 3.63) is 158 Å². The van der Waals surface area contributed by atoms with E-state index in [4.69, 9.17) is 9.97 Å². The zero-order chi connectivity index (χ0) is 33.9. The van der Waals surface area contributed by atoms with Crippen molar-refractivity contribution in [1.29, 1.82) is 0 Å². The number of aromatic nitrogens is 8. The Bertz CT molecular complexity index is 2220. The number of nitrogens with zero attached hydrogens (tertiary/aromatic N) is 8. The number of hydrogen-bond acceptors (Lipinski definition) is 8. The Kier molecular flexibility index (Phi) is 8.16. The molecule has 0 fully saturated rings. The molecule has 0 saturated carbocycles. The fourth-order valence-corrected chi connectivity index (χ4v) is 5.67. The molecule has 0 unspecified atom stereocenters. The van der Waals surface area contributed by atoms with E-state index in [0.29, 0.717) is 0 Å². The molecule has 0 aliphatic carbocycles. The molecule has 0 bridgehead atoms. The van der Waals surface area contributed by atoms with E-state index in [1.165, 1.54) is 0 Å². The van der Waals surface area contributed by atoms with Crippen LogP contribution in [0.4, 0.5) is 0 Å². The van der Waals surface area contributed by atoms with Gasteiger partial charge in [0.1, 0.15) is 0 Å². The smallest absolute Gasteiger partial charge is 0.0889 e. The molecule has 50 heavy (non-hydrogen) atoms. The molecule has 0 amide bonds. The van der Waals surface area contributed by atoms with E-state index in [1.54, 1.807) is 0 Å². The van der Waals surface area contributed by atoms with E-state index in [9.17, 15) is 0 Å². The van der Waals surface area contributed by atoms with E-state index in [-0.39, 0.29) is 0 Å². The fourth-order valence-electron chi connectivity index (χ4n) is 5.67. The van der Waals surface area contributed by atoms with Crippen LogP contribution in [0.1, 0.15) is 11.4 Å². The topological polar surface area (TPSA) is 103 Å². The van der Waals surface area contributed by atoms with Gasteiger partial charge in [-0.2, -0.15) is 0 Å². The highest BCUT2D eigenvalue weighted by atomic mass is 14.8. The van der Waals surface area contributed by atoms with Gasteiger partial charge in [0.25, 0.3) is 0 Å². The van der Waals surface area contributed by atoms with Crippen molar-refractivity contribution in [2.45, 2.75) is 13.8 Å². The quantitative estimate of drug-likeness (QED) is 0.169. The zero-order valence-corrected chi connectivity index (χ0v) is 27.4. The van der Waals surface area contributed by atoms with Gasteiger partial charge in [-0.1, -0.05) is 48.5 Å². The lowest BCUT2D eigenvalue weighted by atomic mass is 10.1. The van der Waals surface area contributed by atoms with Crippen LogP contribution >= 0.6 is 0 Å². The van der Waals surface area contributed by atoms with Crippen molar-refractivity contribution >= 4 is 0 Å². The molecule has 238 valence electrons. The Labute approximate surface area is 289 Å². The van der Waals surface area contributed by atoms with Crippen molar-refractivity contribution < 1.29 is 0 Å². The highest BCUT2D eigenvalue weighted by molar-refractivity contribution is 5.71. The predicted molar refractivity (Wildman–Crippen MR) is 196 cm³/mol. The second-order valence-electron chi connectivity index (χ2n) is 11.9. The SMILES string of the molecule is Cc1cccc(-c2ccc(-c3ccc(-c4ccc(-c5ccc(-c6ccc(-c7ccc(-c8cccc(C)n8)nc7)cn6)nc5)cn4)nc3)cn2)n1. The monoisotopic (exact) mass is 646 g/mol. The molecule has 0 atom stereocenters. The first kappa shape index (κ1) is 30.5. The molecule has 8 aromatic rings. The first-order valence-corrected chi connectivity index (χ1v) is 16.2. The molecule has 8 nitrogen and oxygen atoms in total. The van der Waals surface area contributed by atoms with Crippen LogP contribution in [0.15, 0.2) is 146 Å². The van der Waals surface area contributed by atoms with Gasteiger partial charge >= 0.3 is 0 Å². The second-order valence-corrected chi connectivity index (χ2v) is 11.9. The molecule has 8 heteroatoms. The minimum atomic E-state index is 0.796. The third-order valence-corrected chi connectivity index (χ3v) is 8.41. The summed E-state index contributed by atoms with van der Waals surface area (Å²) in [5.74, 6) is 0. The molecular weight excluding hydrogens is 617 g/mol. The van der Waals surface area contributed by atoms with Crippen molar-refractivity contribution in [3.8, 4) is 78.9 Å². The van der Waals surface area contributed by atoms with Crippen molar-refractivity contribution in [3.63, 3.8) is 0 Å². The van der Waals surface area contributed by atoms with Gasteiger partial charge in [0.2, 0.25) is 0 Å². The number of pyridine rings is 8. The standard InChI is InChI=1S/C42H30N8/c1-27-5-3-7-41(49-27)39-19-13-33(25-47-39)31-11-17-37(45-23-31)35-15-9-29(21-43-35)30-10-16-36(44-22-30)38-18-12-32(24-46-38)34-14-20-40(48-26-34)42-8-4-6-28(2)50-42/h3-26H,1-2H3. The molecule has 0 radical (unpaired) electrons. The molecule has 8 aromatic heterocycles. The van der Waals surface area contributed by atoms with Gasteiger partial charge in [-0.05, 0) is 74.5 Å². The minimum absolute atomic E-state index is 0.796. The fraction of sp³-hybridized carbons (Fsp3) is 0.0476. The molecule has 0 aliphatic heterocycles. The summed E-state index contributed by atoms with van der Waals surface area (Å²) in [6.45, 7) is 3.96. The number of hydrogen-bond donors (Lipinski definition) is 0. The molecule has 8 heterocycles.